The molecule has 36 heavy (non-hydrogen) atoms. The number of carbonyl (C=O) groups is 1. The van der Waals surface area contributed by atoms with Crippen molar-refractivity contribution in [2.45, 2.75) is 13.3 Å². The molecule has 3 aromatic carbocycles. The lowest BCUT2D eigenvalue weighted by Gasteiger charge is -2.27. The van der Waals surface area contributed by atoms with Crippen molar-refractivity contribution in [3.05, 3.63) is 65.2 Å². The lowest BCUT2D eigenvalue weighted by Crippen LogP contribution is -2.40. The third-order valence-corrected chi connectivity index (χ3v) is 7.76. The molecule has 4 aromatic rings. The van der Waals surface area contributed by atoms with Crippen LogP contribution in [-0.4, -0.2) is 61.8 Å². The van der Waals surface area contributed by atoms with E-state index >= 15 is 0 Å². The predicted octanol–water partition coefficient (Wildman–Crippen LogP) is 5.97. The number of thiazole rings is 1. The van der Waals surface area contributed by atoms with Gasteiger partial charge in [0.15, 0.2) is 11.7 Å². The summed E-state index contributed by atoms with van der Waals surface area (Å²) in [5, 5.41) is 3.58. The normalized spacial score (nSPS) is 14.1. The van der Waals surface area contributed by atoms with Gasteiger partial charge in [0.1, 0.15) is 5.75 Å². The van der Waals surface area contributed by atoms with E-state index in [4.69, 9.17) is 26.1 Å². The monoisotopic (exact) mass is 545 g/mol. The molecule has 1 aliphatic heterocycles. The van der Waals surface area contributed by atoms with E-state index in [1.807, 2.05) is 55.5 Å². The number of anilines is 1. The summed E-state index contributed by atoms with van der Waals surface area (Å²) in [6, 6.07) is 17.8. The van der Waals surface area contributed by atoms with E-state index < -0.39 is 0 Å². The van der Waals surface area contributed by atoms with Gasteiger partial charge >= 0.3 is 0 Å². The number of morpholine rings is 1. The third kappa shape index (κ3) is 6.10. The van der Waals surface area contributed by atoms with Crippen LogP contribution in [-0.2, 0) is 9.53 Å². The molecule has 0 radical (unpaired) electrons. The Labute approximate surface area is 226 Å². The fourth-order valence-corrected chi connectivity index (χ4v) is 5.51. The lowest BCUT2D eigenvalue weighted by atomic mass is 10.1. The molecule has 0 spiro atoms. The van der Waals surface area contributed by atoms with E-state index in [1.54, 1.807) is 4.90 Å². The molecule has 0 bridgehead atoms. The summed E-state index contributed by atoms with van der Waals surface area (Å²) in [7, 11) is 0. The molecule has 0 N–H and O–H groups in total. The van der Waals surface area contributed by atoms with Crippen LogP contribution in [0.1, 0.15) is 12.0 Å². The number of hydrogen-bond donors (Lipinski definition) is 0. The Morgan fingerprint density at radius 1 is 1.14 bits per heavy atom. The maximum absolute atomic E-state index is 13.4. The van der Waals surface area contributed by atoms with Gasteiger partial charge in [-0.3, -0.25) is 14.6 Å². The van der Waals surface area contributed by atoms with Crippen LogP contribution in [0.2, 0.25) is 5.02 Å². The van der Waals surface area contributed by atoms with Gasteiger partial charge in [0.25, 0.3) is 5.91 Å². The summed E-state index contributed by atoms with van der Waals surface area (Å²) < 4.78 is 12.4. The van der Waals surface area contributed by atoms with Gasteiger partial charge in [0, 0.05) is 31.2 Å². The van der Waals surface area contributed by atoms with Crippen LogP contribution in [0.15, 0.2) is 54.6 Å². The minimum atomic E-state index is -0.108. The lowest BCUT2D eigenvalue weighted by molar-refractivity contribution is -0.120. The molecule has 1 fully saturated rings. The summed E-state index contributed by atoms with van der Waals surface area (Å²) in [4.78, 5) is 22.3. The topological polar surface area (TPSA) is 54.9 Å². The molecule has 1 saturated heterocycles. The Balaban J connectivity index is 0.00000304. The number of ether oxygens (including phenoxy) is 2. The van der Waals surface area contributed by atoms with E-state index in [2.05, 4.69) is 11.0 Å². The van der Waals surface area contributed by atoms with Crippen molar-refractivity contribution in [3.63, 3.8) is 0 Å². The SMILES string of the molecule is Cc1c(Cl)ccc2sc(N(CCCN3CCOCC3)C(=O)COc3ccc4ccccc4c3)nc12.Cl. The molecular weight excluding hydrogens is 517 g/mol. The summed E-state index contributed by atoms with van der Waals surface area (Å²) in [5.74, 6) is 0.570. The first-order valence-corrected chi connectivity index (χ1v) is 13.1. The van der Waals surface area contributed by atoms with Crippen LogP contribution in [0.25, 0.3) is 21.0 Å². The Morgan fingerprint density at radius 2 is 1.92 bits per heavy atom. The Kier molecular flexibility index (Phi) is 9.04. The zero-order valence-electron chi connectivity index (χ0n) is 20.1. The number of carbonyl (C=O) groups excluding carboxylic acids is 1. The standard InChI is InChI=1S/C27H28ClN3O3S.ClH/c1-19-23(28)9-10-24-26(19)29-27(35-24)31(12-4-11-30-13-15-33-16-14-30)25(32)18-34-22-8-7-20-5-2-3-6-21(20)17-22;/h2-3,5-10,17H,4,11-16,18H2,1H3;1H. The van der Waals surface area contributed by atoms with Crippen molar-refractivity contribution in [1.29, 1.82) is 0 Å². The molecule has 0 atom stereocenters. The zero-order valence-corrected chi connectivity index (χ0v) is 22.5. The molecule has 1 aromatic heterocycles. The summed E-state index contributed by atoms with van der Waals surface area (Å²) in [6.07, 6.45) is 0.845. The Morgan fingerprint density at radius 3 is 2.72 bits per heavy atom. The predicted molar refractivity (Wildman–Crippen MR) is 150 cm³/mol. The molecule has 5 rings (SSSR count). The van der Waals surface area contributed by atoms with E-state index in [9.17, 15) is 4.79 Å². The number of fused-ring (bicyclic) bond motifs is 2. The first-order chi connectivity index (χ1) is 17.1. The fraction of sp³-hybridized carbons (Fsp3) is 0.333. The smallest absolute Gasteiger partial charge is 0.266 e. The third-order valence-electron chi connectivity index (χ3n) is 6.31. The highest BCUT2D eigenvalue weighted by molar-refractivity contribution is 7.22. The Bertz CT molecular complexity index is 1340. The van der Waals surface area contributed by atoms with Crippen LogP contribution in [0.5, 0.6) is 5.75 Å². The molecule has 9 heteroatoms. The number of hydrogen-bond acceptors (Lipinski definition) is 6. The second-order valence-electron chi connectivity index (χ2n) is 8.67. The number of benzene rings is 3. The molecular formula is C27H29Cl2N3O3S. The van der Waals surface area contributed by atoms with Crippen molar-refractivity contribution in [3.8, 4) is 5.75 Å². The van der Waals surface area contributed by atoms with Crippen LogP contribution >= 0.6 is 35.3 Å². The van der Waals surface area contributed by atoms with Crippen molar-refractivity contribution in [2.24, 2.45) is 0 Å². The number of aromatic nitrogens is 1. The second-order valence-corrected chi connectivity index (χ2v) is 10.1. The molecule has 190 valence electrons. The highest BCUT2D eigenvalue weighted by Crippen LogP contribution is 2.34. The minimum Gasteiger partial charge on any atom is -0.484 e. The van der Waals surface area contributed by atoms with Crippen LogP contribution in [0.4, 0.5) is 5.13 Å². The van der Waals surface area contributed by atoms with Crippen LogP contribution < -0.4 is 9.64 Å². The molecule has 0 unspecified atom stereocenters. The summed E-state index contributed by atoms with van der Waals surface area (Å²) >= 11 is 7.83. The van der Waals surface area contributed by atoms with E-state index in [0.717, 1.165) is 65.8 Å². The van der Waals surface area contributed by atoms with E-state index in [-0.39, 0.29) is 24.9 Å². The number of nitrogens with zero attached hydrogens (tertiary/aromatic N) is 3. The van der Waals surface area contributed by atoms with Gasteiger partial charge in [-0.25, -0.2) is 4.98 Å². The number of aryl methyl sites for hydroxylation is 1. The molecule has 1 amide bonds. The highest BCUT2D eigenvalue weighted by atomic mass is 35.5. The number of rotatable bonds is 8. The van der Waals surface area contributed by atoms with Gasteiger partial charge in [-0.15, -0.1) is 12.4 Å². The highest BCUT2D eigenvalue weighted by Gasteiger charge is 2.22. The largest absolute Gasteiger partial charge is 0.484 e. The maximum atomic E-state index is 13.4. The van der Waals surface area contributed by atoms with Crippen LogP contribution in [0, 0.1) is 6.92 Å². The van der Waals surface area contributed by atoms with Crippen molar-refractivity contribution < 1.29 is 14.3 Å². The number of halogens is 2. The summed E-state index contributed by atoms with van der Waals surface area (Å²) in [6.45, 7) is 6.78. The maximum Gasteiger partial charge on any atom is 0.266 e. The number of amides is 1. The average molecular weight is 547 g/mol. The van der Waals surface area contributed by atoms with Gasteiger partial charge in [-0.2, -0.15) is 0 Å². The van der Waals surface area contributed by atoms with Crippen molar-refractivity contribution in [2.75, 3.05) is 50.9 Å². The van der Waals surface area contributed by atoms with Crippen molar-refractivity contribution >= 4 is 67.4 Å². The van der Waals surface area contributed by atoms with Gasteiger partial charge < -0.3 is 9.47 Å². The second kappa shape index (κ2) is 12.2. The van der Waals surface area contributed by atoms with E-state index in [0.29, 0.717) is 22.4 Å². The van der Waals surface area contributed by atoms with Crippen molar-refractivity contribution in [1.82, 2.24) is 9.88 Å². The van der Waals surface area contributed by atoms with Crippen LogP contribution in [0.3, 0.4) is 0 Å². The van der Waals surface area contributed by atoms with Gasteiger partial charge in [0.05, 0.1) is 23.4 Å². The molecule has 0 aliphatic carbocycles. The molecule has 0 saturated carbocycles. The Hall–Kier alpha value is -2.42. The molecule has 6 nitrogen and oxygen atoms in total. The average Bonchev–Trinajstić information content (AvgIpc) is 3.32. The zero-order chi connectivity index (χ0) is 24.2. The van der Waals surface area contributed by atoms with E-state index in [1.165, 1.54) is 11.3 Å². The van der Waals surface area contributed by atoms with Gasteiger partial charge in [-0.05, 0) is 53.9 Å². The fourth-order valence-electron chi connectivity index (χ4n) is 4.29. The molecule has 1 aliphatic rings. The first kappa shape index (κ1) is 26.6. The minimum absolute atomic E-state index is 0. The quantitative estimate of drug-likeness (QED) is 0.273. The first-order valence-electron chi connectivity index (χ1n) is 11.9. The van der Waals surface area contributed by atoms with Gasteiger partial charge in [0.2, 0.25) is 0 Å². The van der Waals surface area contributed by atoms with Gasteiger partial charge in [-0.1, -0.05) is 53.3 Å². The summed E-state index contributed by atoms with van der Waals surface area (Å²) in [5.41, 5.74) is 1.78. The molecule has 2 heterocycles.